The zero-order valence-electron chi connectivity index (χ0n) is 10.8. The zero-order valence-corrected chi connectivity index (χ0v) is 12.4. The van der Waals surface area contributed by atoms with Crippen LogP contribution in [-0.4, -0.2) is 34.4 Å². The number of hydrogen-bond donors (Lipinski definition) is 2. The smallest absolute Gasteiger partial charge is 0.358 e. The normalized spacial score (nSPS) is 10.0. The van der Waals surface area contributed by atoms with Crippen LogP contribution < -0.4 is 5.32 Å². The van der Waals surface area contributed by atoms with Gasteiger partial charge in [0.2, 0.25) is 0 Å². The summed E-state index contributed by atoms with van der Waals surface area (Å²) in [5.41, 5.74) is 0.750. The zero-order chi connectivity index (χ0) is 15.4. The Hall–Kier alpha value is -2.48. The van der Waals surface area contributed by atoms with E-state index in [2.05, 4.69) is 36.2 Å². The van der Waals surface area contributed by atoms with Crippen molar-refractivity contribution in [3.05, 3.63) is 46.1 Å². The van der Waals surface area contributed by atoms with Crippen molar-refractivity contribution in [3.8, 4) is 0 Å². The molecular formula is C13H10BrN3O4. The highest BCUT2D eigenvalue weighted by Gasteiger charge is 2.10. The lowest BCUT2D eigenvalue weighted by atomic mass is 10.2. The minimum Gasteiger partial charge on any atom is -0.478 e. The molecule has 0 fully saturated rings. The van der Waals surface area contributed by atoms with Gasteiger partial charge < -0.3 is 15.2 Å². The Kier molecular flexibility index (Phi) is 4.49. The lowest BCUT2D eigenvalue weighted by Gasteiger charge is -2.07. The van der Waals surface area contributed by atoms with Gasteiger partial charge in [-0.3, -0.25) is 0 Å². The van der Waals surface area contributed by atoms with Gasteiger partial charge in [0, 0.05) is 10.2 Å². The lowest BCUT2D eigenvalue weighted by Crippen LogP contribution is -2.06. The van der Waals surface area contributed by atoms with Crippen LogP contribution in [0.15, 0.2) is 34.8 Å². The van der Waals surface area contributed by atoms with Crippen LogP contribution in [0.25, 0.3) is 0 Å². The summed E-state index contributed by atoms with van der Waals surface area (Å²) in [6.07, 6.45) is 0. The molecule has 0 amide bonds. The Balaban J connectivity index is 2.20. The molecule has 0 bridgehead atoms. The van der Waals surface area contributed by atoms with Crippen molar-refractivity contribution >= 4 is 39.4 Å². The van der Waals surface area contributed by atoms with Gasteiger partial charge in [-0.2, -0.15) is 0 Å². The maximum atomic E-state index is 11.2. The average molecular weight is 352 g/mol. The summed E-state index contributed by atoms with van der Waals surface area (Å²) < 4.78 is 5.00. The van der Waals surface area contributed by atoms with Crippen LogP contribution in [0, 0.1) is 0 Å². The summed E-state index contributed by atoms with van der Waals surface area (Å²) in [4.78, 5) is 22.3. The predicted molar refractivity (Wildman–Crippen MR) is 77.8 cm³/mol. The number of carbonyl (C=O) groups excluding carboxylic acids is 1. The third-order valence-corrected chi connectivity index (χ3v) is 3.22. The molecule has 2 aromatic rings. The van der Waals surface area contributed by atoms with E-state index in [4.69, 9.17) is 5.11 Å². The van der Waals surface area contributed by atoms with Crippen molar-refractivity contribution in [1.82, 2.24) is 10.2 Å². The van der Waals surface area contributed by atoms with Crippen molar-refractivity contribution in [2.45, 2.75) is 0 Å². The van der Waals surface area contributed by atoms with Crippen LogP contribution in [-0.2, 0) is 4.74 Å². The van der Waals surface area contributed by atoms with E-state index in [-0.39, 0.29) is 11.3 Å². The first kappa shape index (κ1) is 14.9. The molecule has 0 unspecified atom stereocenters. The number of carboxylic acids is 1. The molecule has 2 rings (SSSR count). The molecular weight excluding hydrogens is 342 g/mol. The van der Waals surface area contributed by atoms with Crippen molar-refractivity contribution in [3.63, 3.8) is 0 Å². The van der Waals surface area contributed by atoms with Gasteiger partial charge in [-0.05, 0) is 46.3 Å². The fraction of sp³-hybridized carbons (Fsp3) is 0.0769. The van der Waals surface area contributed by atoms with Crippen LogP contribution in [0.5, 0.6) is 0 Å². The van der Waals surface area contributed by atoms with Gasteiger partial charge in [0.15, 0.2) is 11.5 Å². The van der Waals surface area contributed by atoms with Gasteiger partial charge in [-0.15, -0.1) is 10.2 Å². The van der Waals surface area contributed by atoms with Crippen molar-refractivity contribution in [2.75, 3.05) is 12.4 Å². The molecule has 2 N–H and O–H groups in total. The van der Waals surface area contributed by atoms with E-state index >= 15 is 0 Å². The molecule has 108 valence electrons. The molecule has 0 saturated heterocycles. The van der Waals surface area contributed by atoms with Crippen LogP contribution in [0.1, 0.15) is 20.8 Å². The predicted octanol–water partition coefficient (Wildman–Crippen LogP) is 2.47. The summed E-state index contributed by atoms with van der Waals surface area (Å²) in [7, 11) is 1.26. The monoisotopic (exact) mass is 351 g/mol. The molecule has 0 aliphatic rings. The minimum absolute atomic E-state index is 0.0880. The molecule has 0 radical (unpaired) electrons. The first-order valence-electron chi connectivity index (χ1n) is 5.73. The van der Waals surface area contributed by atoms with Crippen molar-refractivity contribution in [2.24, 2.45) is 0 Å². The van der Waals surface area contributed by atoms with E-state index in [0.717, 1.165) is 0 Å². The molecule has 1 aromatic heterocycles. The number of carbonyl (C=O) groups is 2. The molecule has 0 saturated carbocycles. The number of anilines is 2. The fourth-order valence-corrected chi connectivity index (χ4v) is 1.94. The quantitative estimate of drug-likeness (QED) is 0.815. The summed E-state index contributed by atoms with van der Waals surface area (Å²) in [6, 6.07) is 7.76. The molecule has 7 nitrogen and oxygen atoms in total. The number of rotatable bonds is 4. The van der Waals surface area contributed by atoms with Crippen LogP contribution in [0.4, 0.5) is 11.5 Å². The van der Waals surface area contributed by atoms with Crippen molar-refractivity contribution in [1.29, 1.82) is 0 Å². The Bertz CT molecular complexity index is 688. The molecule has 1 aromatic carbocycles. The number of ether oxygens (including phenoxy) is 1. The first-order chi connectivity index (χ1) is 10.0. The Morgan fingerprint density at radius 1 is 1.24 bits per heavy atom. The van der Waals surface area contributed by atoms with E-state index in [9.17, 15) is 9.59 Å². The Morgan fingerprint density at radius 3 is 2.57 bits per heavy atom. The van der Waals surface area contributed by atoms with E-state index in [0.29, 0.717) is 16.0 Å². The van der Waals surface area contributed by atoms with Gasteiger partial charge in [-0.1, -0.05) is 0 Å². The number of methoxy groups -OCH3 is 1. The van der Waals surface area contributed by atoms with Crippen molar-refractivity contribution < 1.29 is 19.4 Å². The first-order valence-corrected chi connectivity index (χ1v) is 6.52. The summed E-state index contributed by atoms with van der Waals surface area (Å²) in [5, 5.41) is 19.5. The maximum absolute atomic E-state index is 11.2. The average Bonchev–Trinajstić information content (AvgIpc) is 2.49. The molecule has 0 aliphatic heterocycles. The van der Waals surface area contributed by atoms with Gasteiger partial charge in [0.25, 0.3) is 0 Å². The van der Waals surface area contributed by atoms with E-state index in [1.54, 1.807) is 18.2 Å². The third kappa shape index (κ3) is 3.54. The highest BCUT2D eigenvalue weighted by molar-refractivity contribution is 9.10. The van der Waals surface area contributed by atoms with Gasteiger partial charge in [-0.25, -0.2) is 9.59 Å². The number of aromatic nitrogens is 2. The van der Waals surface area contributed by atoms with Crippen LogP contribution in [0.2, 0.25) is 0 Å². The summed E-state index contributed by atoms with van der Waals surface area (Å²) >= 11 is 3.16. The number of benzene rings is 1. The van der Waals surface area contributed by atoms with Gasteiger partial charge in [0.1, 0.15) is 0 Å². The largest absolute Gasteiger partial charge is 0.478 e. The standard InChI is InChI=1S/C13H10BrN3O4/c1-21-13(20)10-4-5-11(17-16-10)15-7-2-3-9(14)8(6-7)12(18)19/h2-6H,1H3,(H,15,17)(H,18,19). The molecule has 21 heavy (non-hydrogen) atoms. The maximum Gasteiger partial charge on any atom is 0.358 e. The minimum atomic E-state index is -1.04. The number of esters is 1. The number of nitrogens with one attached hydrogen (secondary N) is 1. The molecule has 0 atom stereocenters. The highest BCUT2D eigenvalue weighted by atomic mass is 79.9. The van der Waals surface area contributed by atoms with E-state index in [1.807, 2.05) is 0 Å². The Labute approximate surface area is 128 Å². The number of halogens is 1. The number of hydrogen-bond acceptors (Lipinski definition) is 6. The molecule has 0 aliphatic carbocycles. The molecule has 0 spiro atoms. The van der Waals surface area contributed by atoms with E-state index in [1.165, 1.54) is 19.2 Å². The number of carboxylic acid groups (broad SMARTS) is 1. The van der Waals surface area contributed by atoms with E-state index < -0.39 is 11.9 Å². The Morgan fingerprint density at radius 2 is 2.00 bits per heavy atom. The summed E-state index contributed by atoms with van der Waals surface area (Å²) in [5.74, 6) is -1.25. The van der Waals surface area contributed by atoms with Crippen LogP contribution >= 0.6 is 15.9 Å². The number of aromatic carboxylic acids is 1. The van der Waals surface area contributed by atoms with Gasteiger partial charge in [0.05, 0.1) is 12.7 Å². The SMILES string of the molecule is COC(=O)c1ccc(Nc2ccc(Br)c(C(=O)O)c2)nn1. The lowest BCUT2D eigenvalue weighted by molar-refractivity contribution is 0.0592. The molecule has 8 heteroatoms. The van der Waals surface area contributed by atoms with Crippen LogP contribution in [0.3, 0.4) is 0 Å². The second-order valence-corrected chi connectivity index (χ2v) is 4.77. The molecule has 1 heterocycles. The second kappa shape index (κ2) is 6.31. The second-order valence-electron chi connectivity index (χ2n) is 3.92. The third-order valence-electron chi connectivity index (χ3n) is 2.53. The number of nitrogens with zero attached hydrogens (tertiary/aromatic N) is 2. The van der Waals surface area contributed by atoms with Gasteiger partial charge >= 0.3 is 11.9 Å². The fourth-order valence-electron chi connectivity index (χ4n) is 1.53. The topological polar surface area (TPSA) is 101 Å². The summed E-state index contributed by atoms with van der Waals surface area (Å²) in [6.45, 7) is 0. The highest BCUT2D eigenvalue weighted by Crippen LogP contribution is 2.23.